The number of hydrogen-bond donors (Lipinski definition) is 1. The molecule has 1 aromatic rings. The van der Waals surface area contributed by atoms with Crippen molar-refractivity contribution in [2.75, 3.05) is 0 Å². The van der Waals surface area contributed by atoms with E-state index in [1.807, 2.05) is 6.07 Å². The Morgan fingerprint density at radius 2 is 2.00 bits per heavy atom. The molecule has 1 N–H and O–H groups in total. The van der Waals surface area contributed by atoms with Gasteiger partial charge in [0.2, 0.25) is 0 Å². The van der Waals surface area contributed by atoms with Crippen LogP contribution in [0.4, 0.5) is 0 Å². The Labute approximate surface area is 137 Å². The van der Waals surface area contributed by atoms with Crippen LogP contribution in [0.5, 0.6) is 0 Å². The molecule has 0 aromatic heterocycles. The summed E-state index contributed by atoms with van der Waals surface area (Å²) in [5.74, 6) is -1.36. The molecule has 2 unspecified atom stereocenters. The number of nitrogens with one attached hydrogen (secondary N) is 1. The SMILES string of the molecule is N#CC1C([O-])=NC(=S)NC1c1ccc(Cl)cc1.[Na+]. The van der Waals surface area contributed by atoms with E-state index in [1.165, 1.54) is 0 Å². The largest absolute Gasteiger partial charge is 1.00 e. The molecule has 0 radical (unpaired) electrons. The van der Waals surface area contributed by atoms with Crippen LogP contribution in [0, 0.1) is 17.2 Å². The first-order chi connectivity index (χ1) is 8.11. The maximum Gasteiger partial charge on any atom is 1.00 e. The number of nitrogens with zero attached hydrogens (tertiary/aromatic N) is 2. The molecule has 0 saturated heterocycles. The van der Waals surface area contributed by atoms with Gasteiger partial charge in [0.1, 0.15) is 0 Å². The van der Waals surface area contributed by atoms with Crippen LogP contribution in [0.15, 0.2) is 29.3 Å². The molecule has 2 rings (SSSR count). The van der Waals surface area contributed by atoms with E-state index < -0.39 is 17.9 Å². The maximum absolute atomic E-state index is 11.5. The molecule has 0 saturated carbocycles. The molecule has 1 heterocycles. The van der Waals surface area contributed by atoms with Crippen LogP contribution in [0.25, 0.3) is 0 Å². The Balaban J connectivity index is 0.00000162. The van der Waals surface area contributed by atoms with Crippen molar-refractivity contribution in [3.8, 4) is 6.07 Å². The molecule has 0 spiro atoms. The molecule has 0 amide bonds. The van der Waals surface area contributed by atoms with Gasteiger partial charge in [-0.05, 0) is 35.8 Å². The molecule has 4 nitrogen and oxygen atoms in total. The van der Waals surface area contributed by atoms with Crippen LogP contribution in [-0.2, 0) is 0 Å². The summed E-state index contributed by atoms with van der Waals surface area (Å²) >= 11 is 10.6. The molecule has 2 atom stereocenters. The Hall–Kier alpha value is -0.640. The molecule has 1 aromatic carbocycles. The first-order valence-corrected chi connectivity index (χ1v) is 5.61. The first-order valence-electron chi connectivity index (χ1n) is 4.83. The van der Waals surface area contributed by atoms with Gasteiger partial charge in [0.15, 0.2) is 5.11 Å². The van der Waals surface area contributed by atoms with E-state index in [9.17, 15) is 5.11 Å². The zero-order chi connectivity index (χ0) is 12.4. The van der Waals surface area contributed by atoms with Crippen molar-refractivity contribution in [3.63, 3.8) is 0 Å². The van der Waals surface area contributed by atoms with Gasteiger partial charge in [-0.3, -0.25) is 0 Å². The first kappa shape index (κ1) is 15.4. The van der Waals surface area contributed by atoms with E-state index in [0.717, 1.165) is 5.56 Å². The van der Waals surface area contributed by atoms with Crippen molar-refractivity contribution in [2.45, 2.75) is 6.04 Å². The summed E-state index contributed by atoms with van der Waals surface area (Å²) in [5, 5.41) is 24.1. The van der Waals surface area contributed by atoms with E-state index >= 15 is 0 Å². The molecule has 18 heavy (non-hydrogen) atoms. The molecule has 0 fully saturated rings. The Bertz CT molecular complexity index is 526. The van der Waals surface area contributed by atoms with Crippen LogP contribution in [0.2, 0.25) is 5.02 Å². The Morgan fingerprint density at radius 3 is 2.56 bits per heavy atom. The van der Waals surface area contributed by atoms with Gasteiger partial charge in [-0.25, -0.2) is 4.99 Å². The second kappa shape index (κ2) is 6.50. The summed E-state index contributed by atoms with van der Waals surface area (Å²) in [6.45, 7) is 0. The summed E-state index contributed by atoms with van der Waals surface area (Å²) in [6.07, 6.45) is 0. The van der Waals surface area contributed by atoms with Gasteiger partial charge < -0.3 is 10.4 Å². The monoisotopic (exact) mass is 287 g/mol. The topological polar surface area (TPSA) is 71.2 Å². The van der Waals surface area contributed by atoms with Crippen molar-refractivity contribution in [3.05, 3.63) is 34.9 Å². The minimum Gasteiger partial charge on any atom is -0.861 e. The summed E-state index contributed by atoms with van der Waals surface area (Å²) in [7, 11) is 0. The third-order valence-electron chi connectivity index (χ3n) is 2.46. The normalized spacial score (nSPS) is 22.2. The van der Waals surface area contributed by atoms with Crippen molar-refractivity contribution in [1.29, 1.82) is 5.26 Å². The van der Waals surface area contributed by atoms with Crippen molar-refractivity contribution in [2.24, 2.45) is 10.9 Å². The quantitative estimate of drug-likeness (QED) is 0.487. The van der Waals surface area contributed by atoms with Gasteiger partial charge in [-0.2, -0.15) is 5.26 Å². The summed E-state index contributed by atoms with van der Waals surface area (Å²) < 4.78 is 0. The van der Waals surface area contributed by atoms with E-state index in [1.54, 1.807) is 24.3 Å². The zero-order valence-corrected chi connectivity index (χ0v) is 13.1. The van der Waals surface area contributed by atoms with Crippen LogP contribution >= 0.6 is 23.8 Å². The van der Waals surface area contributed by atoms with Gasteiger partial charge in [0, 0.05) is 5.02 Å². The van der Waals surface area contributed by atoms with Gasteiger partial charge in [-0.15, -0.1) is 0 Å². The zero-order valence-electron chi connectivity index (χ0n) is 9.55. The number of nitriles is 1. The standard InChI is InChI=1S/C11H8ClN3OS.Na/c12-7-3-1-6(2-4-7)9-8(5-13)10(16)15-11(17)14-9;/h1-4,8-9H,(H2,14,15,16,17);/q;+1/p-1. The van der Waals surface area contributed by atoms with E-state index in [2.05, 4.69) is 10.3 Å². The summed E-state index contributed by atoms with van der Waals surface area (Å²) in [4.78, 5) is 3.56. The van der Waals surface area contributed by atoms with Crippen molar-refractivity contribution in [1.82, 2.24) is 5.32 Å². The molecular weight excluding hydrogens is 281 g/mol. The van der Waals surface area contributed by atoms with Gasteiger partial charge in [-0.1, -0.05) is 23.7 Å². The molecule has 0 bridgehead atoms. The number of hydrogen-bond acceptors (Lipinski definition) is 3. The second-order valence-corrected chi connectivity index (χ2v) is 4.36. The molecule has 86 valence electrons. The van der Waals surface area contributed by atoms with E-state index in [4.69, 9.17) is 29.1 Å². The fourth-order valence-electron chi connectivity index (χ4n) is 1.64. The fraction of sp³-hybridized carbons (Fsp3) is 0.182. The number of thiocarbonyl (C=S) groups is 1. The smallest absolute Gasteiger partial charge is 0.861 e. The van der Waals surface area contributed by atoms with Crippen molar-refractivity contribution < 1.29 is 34.7 Å². The maximum atomic E-state index is 11.5. The molecular formula is C11H7ClN3NaOS. The van der Waals surface area contributed by atoms with Crippen LogP contribution in [0.1, 0.15) is 11.6 Å². The molecule has 1 aliphatic rings. The van der Waals surface area contributed by atoms with Crippen LogP contribution < -0.4 is 40.0 Å². The third kappa shape index (κ3) is 3.22. The number of aliphatic imine (C=N–C) groups is 1. The minimum absolute atomic E-state index is 0. The summed E-state index contributed by atoms with van der Waals surface area (Å²) in [6, 6.07) is 8.39. The van der Waals surface area contributed by atoms with Gasteiger partial charge in [0.05, 0.1) is 18.0 Å². The average molecular weight is 288 g/mol. The predicted octanol–water partition coefficient (Wildman–Crippen LogP) is -1.83. The number of benzene rings is 1. The number of halogens is 1. The van der Waals surface area contributed by atoms with Crippen molar-refractivity contribution >= 4 is 34.8 Å². The Morgan fingerprint density at radius 1 is 1.39 bits per heavy atom. The van der Waals surface area contributed by atoms with E-state index in [-0.39, 0.29) is 34.7 Å². The second-order valence-electron chi connectivity index (χ2n) is 3.54. The fourth-order valence-corrected chi connectivity index (χ4v) is 1.98. The van der Waals surface area contributed by atoms with Crippen LogP contribution in [0.3, 0.4) is 0 Å². The van der Waals surface area contributed by atoms with Crippen LogP contribution in [-0.4, -0.2) is 11.0 Å². The molecule has 0 aliphatic carbocycles. The third-order valence-corrected chi connectivity index (χ3v) is 2.92. The predicted molar refractivity (Wildman–Crippen MR) is 66.5 cm³/mol. The molecule has 1 aliphatic heterocycles. The van der Waals surface area contributed by atoms with Gasteiger partial charge in [0.25, 0.3) is 0 Å². The Kier molecular flexibility index (Phi) is 5.57. The van der Waals surface area contributed by atoms with E-state index in [0.29, 0.717) is 5.02 Å². The van der Waals surface area contributed by atoms with Gasteiger partial charge >= 0.3 is 29.6 Å². The average Bonchev–Trinajstić information content (AvgIpc) is 2.29. The minimum atomic E-state index is -0.858. The summed E-state index contributed by atoms with van der Waals surface area (Å²) in [5.41, 5.74) is 0.784. The molecule has 7 heteroatoms. The number of rotatable bonds is 1.